The maximum atomic E-state index is 13.0. The third-order valence-electron chi connectivity index (χ3n) is 4.24. The minimum absolute atomic E-state index is 0.160. The lowest BCUT2D eigenvalue weighted by molar-refractivity contribution is -0.148. The van der Waals surface area contributed by atoms with Gasteiger partial charge < -0.3 is 10.1 Å². The van der Waals surface area contributed by atoms with Crippen molar-refractivity contribution in [3.05, 3.63) is 54.0 Å². The average molecular weight is 357 g/mol. The second kappa shape index (κ2) is 6.74. The lowest BCUT2D eigenvalue weighted by Gasteiger charge is -2.40. The van der Waals surface area contributed by atoms with E-state index in [1.165, 1.54) is 24.0 Å². The van der Waals surface area contributed by atoms with Gasteiger partial charge in [-0.25, -0.2) is 9.37 Å². The third kappa shape index (κ3) is 3.12. The monoisotopic (exact) mass is 357 g/mol. The number of rotatable bonds is 4. The second-order valence-corrected chi connectivity index (χ2v) is 6.54. The van der Waals surface area contributed by atoms with Gasteiger partial charge in [0.15, 0.2) is 11.6 Å². The van der Waals surface area contributed by atoms with Crippen molar-refractivity contribution in [3.8, 4) is 5.75 Å². The van der Waals surface area contributed by atoms with Gasteiger partial charge in [0.25, 0.3) is 17.4 Å². The zero-order chi connectivity index (χ0) is 18.9. The van der Waals surface area contributed by atoms with Crippen LogP contribution in [0.3, 0.4) is 0 Å². The highest BCUT2D eigenvalue weighted by atomic mass is 19.1. The molecule has 1 aliphatic heterocycles. The maximum absolute atomic E-state index is 13.0. The molecule has 3 rings (SSSR count). The van der Waals surface area contributed by atoms with Crippen molar-refractivity contribution in [2.45, 2.75) is 39.0 Å². The molecule has 1 atom stereocenters. The van der Waals surface area contributed by atoms with Gasteiger partial charge >= 0.3 is 0 Å². The van der Waals surface area contributed by atoms with Crippen LogP contribution >= 0.6 is 0 Å². The number of benzene rings is 1. The normalized spacial score (nSPS) is 19.1. The lowest BCUT2D eigenvalue weighted by atomic mass is 9.99. The number of fused-ring (bicyclic) bond motifs is 1. The van der Waals surface area contributed by atoms with E-state index in [0.29, 0.717) is 11.6 Å². The number of pyridine rings is 1. The summed E-state index contributed by atoms with van der Waals surface area (Å²) >= 11 is 0. The molecular formula is C19H20FN3O3. The van der Waals surface area contributed by atoms with Crippen LogP contribution in [0.15, 0.2) is 42.6 Å². The number of carbonyl (C=O) groups is 2. The molecule has 0 radical (unpaired) electrons. The SMILES string of the molecule is CC(C)N1C(=O)C(C)(C(=O)NCc2ccc(F)cc2)Oc2cccnc21. The number of anilines is 1. The molecule has 0 bridgehead atoms. The zero-order valence-corrected chi connectivity index (χ0v) is 14.8. The van der Waals surface area contributed by atoms with E-state index in [0.717, 1.165) is 5.56 Å². The molecule has 1 aromatic carbocycles. The Morgan fingerprint density at radius 1 is 1.31 bits per heavy atom. The molecule has 1 unspecified atom stereocenters. The van der Waals surface area contributed by atoms with E-state index in [2.05, 4.69) is 10.3 Å². The molecule has 0 saturated carbocycles. The average Bonchev–Trinajstić information content (AvgIpc) is 2.61. The van der Waals surface area contributed by atoms with Crippen LogP contribution < -0.4 is 15.0 Å². The summed E-state index contributed by atoms with van der Waals surface area (Å²) in [5, 5.41) is 2.70. The Labute approximate surface area is 151 Å². The predicted octanol–water partition coefficient (Wildman–Crippen LogP) is 2.43. The molecule has 2 amide bonds. The zero-order valence-electron chi connectivity index (χ0n) is 14.8. The Morgan fingerprint density at radius 3 is 2.65 bits per heavy atom. The van der Waals surface area contributed by atoms with Gasteiger partial charge in [-0.05, 0) is 50.6 Å². The largest absolute Gasteiger partial charge is 0.464 e. The number of nitrogens with one attached hydrogen (secondary N) is 1. The van der Waals surface area contributed by atoms with Crippen LogP contribution in [0, 0.1) is 5.82 Å². The Bertz CT molecular complexity index is 838. The number of hydrogen-bond donors (Lipinski definition) is 1. The van der Waals surface area contributed by atoms with Gasteiger partial charge in [-0.15, -0.1) is 0 Å². The minimum Gasteiger partial charge on any atom is -0.464 e. The number of hydrogen-bond acceptors (Lipinski definition) is 4. The van der Waals surface area contributed by atoms with Crippen LogP contribution in [0.1, 0.15) is 26.3 Å². The molecule has 0 aliphatic carbocycles. The highest BCUT2D eigenvalue weighted by molar-refractivity contribution is 6.16. The summed E-state index contributed by atoms with van der Waals surface area (Å²) in [5.74, 6) is -0.617. The minimum atomic E-state index is -1.71. The molecule has 1 aliphatic rings. The highest BCUT2D eigenvalue weighted by Gasteiger charge is 2.51. The smallest absolute Gasteiger partial charge is 0.282 e. The van der Waals surface area contributed by atoms with Gasteiger partial charge in [0, 0.05) is 18.8 Å². The Kier molecular flexibility index (Phi) is 4.63. The molecular weight excluding hydrogens is 337 g/mol. The van der Waals surface area contributed by atoms with Gasteiger partial charge in [0.2, 0.25) is 0 Å². The number of amides is 2. The Balaban J connectivity index is 1.84. The maximum Gasteiger partial charge on any atom is 0.282 e. The van der Waals surface area contributed by atoms with Crippen LogP contribution in [0.25, 0.3) is 0 Å². The summed E-state index contributed by atoms with van der Waals surface area (Å²) in [6.07, 6.45) is 1.57. The first-order valence-electron chi connectivity index (χ1n) is 8.33. The van der Waals surface area contributed by atoms with Crippen LogP contribution in [0.4, 0.5) is 10.2 Å². The molecule has 0 spiro atoms. The van der Waals surface area contributed by atoms with Crippen molar-refractivity contribution >= 4 is 17.6 Å². The molecule has 1 N–H and O–H groups in total. The van der Waals surface area contributed by atoms with E-state index < -0.39 is 17.4 Å². The molecule has 0 fully saturated rings. The first-order valence-corrected chi connectivity index (χ1v) is 8.33. The van der Waals surface area contributed by atoms with Crippen LogP contribution in [-0.4, -0.2) is 28.4 Å². The van der Waals surface area contributed by atoms with Crippen molar-refractivity contribution in [1.82, 2.24) is 10.3 Å². The standard InChI is InChI=1S/C19H20FN3O3/c1-12(2)23-16-15(5-4-10-21-16)26-19(3,18(23)25)17(24)22-11-13-6-8-14(20)9-7-13/h4-10,12H,11H2,1-3H3,(H,22,24). The number of nitrogens with zero attached hydrogens (tertiary/aromatic N) is 2. The molecule has 136 valence electrons. The summed E-state index contributed by atoms with van der Waals surface area (Å²) in [5.41, 5.74) is -0.991. The number of halogens is 1. The molecule has 7 heteroatoms. The van der Waals surface area contributed by atoms with Crippen molar-refractivity contribution in [2.24, 2.45) is 0 Å². The van der Waals surface area contributed by atoms with Gasteiger partial charge in [0.05, 0.1) is 0 Å². The summed E-state index contributed by atoms with van der Waals surface area (Å²) in [6, 6.07) is 8.94. The predicted molar refractivity (Wildman–Crippen MR) is 94.1 cm³/mol. The van der Waals surface area contributed by atoms with Crippen LogP contribution in [-0.2, 0) is 16.1 Å². The van der Waals surface area contributed by atoms with Gasteiger partial charge in [-0.2, -0.15) is 0 Å². The summed E-state index contributed by atoms with van der Waals surface area (Å²) in [4.78, 5) is 31.5. The molecule has 2 aromatic rings. The number of carbonyl (C=O) groups excluding carboxylic acids is 2. The molecule has 6 nitrogen and oxygen atoms in total. The number of aromatic nitrogens is 1. The molecule has 26 heavy (non-hydrogen) atoms. The first kappa shape index (κ1) is 17.8. The van der Waals surface area contributed by atoms with Crippen LogP contribution in [0.2, 0.25) is 0 Å². The van der Waals surface area contributed by atoms with Crippen molar-refractivity contribution < 1.29 is 18.7 Å². The topological polar surface area (TPSA) is 71.5 Å². The lowest BCUT2D eigenvalue weighted by Crippen LogP contribution is -2.63. The number of ether oxygens (including phenoxy) is 1. The van der Waals surface area contributed by atoms with E-state index >= 15 is 0 Å². The van der Waals surface area contributed by atoms with E-state index in [-0.39, 0.29) is 18.4 Å². The Hall–Kier alpha value is -2.96. The fourth-order valence-corrected chi connectivity index (χ4v) is 2.81. The summed E-state index contributed by atoms with van der Waals surface area (Å²) in [7, 11) is 0. The highest BCUT2D eigenvalue weighted by Crippen LogP contribution is 2.37. The quantitative estimate of drug-likeness (QED) is 0.853. The third-order valence-corrected chi connectivity index (χ3v) is 4.24. The molecule has 1 aromatic heterocycles. The van der Waals surface area contributed by atoms with E-state index in [1.54, 1.807) is 30.5 Å². The molecule has 2 heterocycles. The summed E-state index contributed by atoms with van der Waals surface area (Å²) < 4.78 is 18.7. The van der Waals surface area contributed by atoms with Gasteiger partial charge in [-0.3, -0.25) is 14.5 Å². The van der Waals surface area contributed by atoms with Crippen molar-refractivity contribution in [1.29, 1.82) is 0 Å². The van der Waals surface area contributed by atoms with Crippen molar-refractivity contribution in [3.63, 3.8) is 0 Å². The first-order chi connectivity index (χ1) is 12.3. The van der Waals surface area contributed by atoms with E-state index in [4.69, 9.17) is 4.74 Å². The fourth-order valence-electron chi connectivity index (χ4n) is 2.81. The van der Waals surface area contributed by atoms with Gasteiger partial charge in [0.1, 0.15) is 5.82 Å². The van der Waals surface area contributed by atoms with Crippen LogP contribution in [0.5, 0.6) is 5.75 Å². The van der Waals surface area contributed by atoms with Crippen molar-refractivity contribution in [2.75, 3.05) is 4.90 Å². The summed E-state index contributed by atoms with van der Waals surface area (Å²) in [6.45, 7) is 5.30. The second-order valence-electron chi connectivity index (χ2n) is 6.54. The van der Waals surface area contributed by atoms with E-state index in [9.17, 15) is 14.0 Å². The van der Waals surface area contributed by atoms with E-state index in [1.807, 2.05) is 13.8 Å². The Morgan fingerprint density at radius 2 is 2.00 bits per heavy atom. The van der Waals surface area contributed by atoms with Gasteiger partial charge in [-0.1, -0.05) is 12.1 Å². The molecule has 0 saturated heterocycles. The fraction of sp³-hybridized carbons (Fsp3) is 0.316.